The van der Waals surface area contributed by atoms with Gasteiger partial charge in [0.05, 0.1) is 12.2 Å². The van der Waals surface area contributed by atoms with E-state index in [1.54, 1.807) is 6.07 Å². The molecule has 0 fully saturated rings. The molecular weight excluding hydrogens is 418 g/mol. The first-order valence-electron chi connectivity index (χ1n) is 9.60. The number of amides is 1. The first-order valence-corrected chi connectivity index (χ1v) is 10.4. The summed E-state index contributed by atoms with van der Waals surface area (Å²) in [6.45, 7) is 8.99. The SMILES string of the molecule is C=C(C)COc1ccc(NC(=O)c2cc(Br)ccc2OCCCCCC)cc1. The number of hydrogen-bond donors (Lipinski definition) is 1. The van der Waals surface area contributed by atoms with Crippen LogP contribution in [0.5, 0.6) is 11.5 Å². The van der Waals surface area contributed by atoms with Crippen LogP contribution < -0.4 is 14.8 Å². The molecule has 2 aromatic carbocycles. The molecule has 2 aromatic rings. The molecule has 0 spiro atoms. The summed E-state index contributed by atoms with van der Waals surface area (Å²) in [5.74, 6) is 1.12. The third-order valence-corrected chi connectivity index (χ3v) is 4.53. The maximum absolute atomic E-state index is 12.8. The van der Waals surface area contributed by atoms with Gasteiger partial charge in [-0.3, -0.25) is 4.79 Å². The summed E-state index contributed by atoms with van der Waals surface area (Å²) < 4.78 is 12.3. The van der Waals surface area contributed by atoms with Crippen LogP contribution in [0.25, 0.3) is 0 Å². The van der Waals surface area contributed by atoms with Crippen molar-refractivity contribution in [2.45, 2.75) is 39.5 Å². The first-order chi connectivity index (χ1) is 13.5. The lowest BCUT2D eigenvalue weighted by Gasteiger charge is -2.13. The highest BCUT2D eigenvalue weighted by atomic mass is 79.9. The molecule has 0 aliphatic rings. The number of ether oxygens (including phenoxy) is 2. The fourth-order valence-corrected chi connectivity index (χ4v) is 2.92. The second-order valence-electron chi connectivity index (χ2n) is 6.77. The molecule has 28 heavy (non-hydrogen) atoms. The van der Waals surface area contributed by atoms with E-state index in [0.29, 0.717) is 30.2 Å². The minimum atomic E-state index is -0.208. The first kappa shape index (κ1) is 22.0. The van der Waals surface area contributed by atoms with Crippen LogP contribution >= 0.6 is 15.9 Å². The highest BCUT2D eigenvalue weighted by molar-refractivity contribution is 9.10. The minimum Gasteiger partial charge on any atom is -0.493 e. The second-order valence-corrected chi connectivity index (χ2v) is 7.69. The molecule has 0 unspecified atom stereocenters. The molecule has 0 aromatic heterocycles. The molecule has 0 bridgehead atoms. The molecule has 4 nitrogen and oxygen atoms in total. The molecule has 0 saturated carbocycles. The molecule has 1 N–H and O–H groups in total. The van der Waals surface area contributed by atoms with Gasteiger partial charge in [-0.05, 0) is 61.4 Å². The van der Waals surface area contributed by atoms with Crippen LogP contribution in [-0.2, 0) is 0 Å². The van der Waals surface area contributed by atoms with E-state index in [-0.39, 0.29) is 5.91 Å². The van der Waals surface area contributed by atoms with Crippen LogP contribution in [0.2, 0.25) is 0 Å². The van der Waals surface area contributed by atoms with Crippen molar-refractivity contribution >= 4 is 27.5 Å². The van der Waals surface area contributed by atoms with Crippen molar-refractivity contribution in [2.75, 3.05) is 18.5 Å². The lowest BCUT2D eigenvalue weighted by Crippen LogP contribution is -2.14. The zero-order valence-corrected chi connectivity index (χ0v) is 18.2. The van der Waals surface area contributed by atoms with E-state index < -0.39 is 0 Å². The van der Waals surface area contributed by atoms with Crippen LogP contribution in [0.3, 0.4) is 0 Å². The zero-order valence-electron chi connectivity index (χ0n) is 16.6. The molecule has 2 rings (SSSR count). The van der Waals surface area contributed by atoms with Gasteiger partial charge in [0.2, 0.25) is 0 Å². The lowest BCUT2D eigenvalue weighted by molar-refractivity contribution is 0.102. The molecule has 0 atom stereocenters. The summed E-state index contributed by atoms with van der Waals surface area (Å²) in [6, 6.07) is 12.8. The van der Waals surface area contributed by atoms with Crippen LogP contribution in [0.15, 0.2) is 59.1 Å². The van der Waals surface area contributed by atoms with E-state index in [4.69, 9.17) is 9.47 Å². The van der Waals surface area contributed by atoms with E-state index >= 15 is 0 Å². The number of hydrogen-bond acceptors (Lipinski definition) is 3. The van der Waals surface area contributed by atoms with Crippen molar-refractivity contribution in [1.82, 2.24) is 0 Å². The van der Waals surface area contributed by atoms with Crippen molar-refractivity contribution in [2.24, 2.45) is 0 Å². The summed E-state index contributed by atoms with van der Waals surface area (Å²) in [5, 5.41) is 2.92. The van der Waals surface area contributed by atoms with E-state index in [0.717, 1.165) is 28.6 Å². The van der Waals surface area contributed by atoms with Crippen molar-refractivity contribution in [1.29, 1.82) is 0 Å². The van der Waals surface area contributed by atoms with Crippen LogP contribution in [0.4, 0.5) is 5.69 Å². The Morgan fingerprint density at radius 1 is 1.07 bits per heavy atom. The molecule has 150 valence electrons. The Morgan fingerprint density at radius 3 is 2.50 bits per heavy atom. The van der Waals surface area contributed by atoms with Crippen molar-refractivity contribution in [3.05, 3.63) is 64.7 Å². The zero-order chi connectivity index (χ0) is 20.4. The Morgan fingerprint density at radius 2 is 1.82 bits per heavy atom. The van der Waals surface area contributed by atoms with Crippen LogP contribution in [-0.4, -0.2) is 19.1 Å². The van der Waals surface area contributed by atoms with E-state index in [2.05, 4.69) is 34.7 Å². The van der Waals surface area contributed by atoms with Gasteiger partial charge < -0.3 is 14.8 Å². The molecule has 0 aliphatic carbocycles. The van der Waals surface area contributed by atoms with Gasteiger partial charge in [-0.2, -0.15) is 0 Å². The largest absolute Gasteiger partial charge is 0.493 e. The highest BCUT2D eigenvalue weighted by Crippen LogP contribution is 2.25. The van der Waals surface area contributed by atoms with Gasteiger partial charge in [0.1, 0.15) is 18.1 Å². The second kappa shape index (κ2) is 11.5. The Balaban J connectivity index is 2.00. The fraction of sp³-hybridized carbons (Fsp3) is 0.348. The Kier molecular flexibility index (Phi) is 9.08. The fourth-order valence-electron chi connectivity index (χ4n) is 2.56. The molecule has 0 aliphatic heterocycles. The third kappa shape index (κ3) is 7.39. The molecule has 5 heteroatoms. The minimum absolute atomic E-state index is 0.208. The molecular formula is C23H28BrNO3. The molecule has 0 saturated heterocycles. The maximum Gasteiger partial charge on any atom is 0.259 e. The molecule has 1 amide bonds. The van der Waals surface area contributed by atoms with Gasteiger partial charge in [-0.1, -0.05) is 48.7 Å². The standard InChI is InChI=1S/C23H28BrNO3/c1-4-5-6-7-14-27-22-13-8-18(24)15-21(22)23(26)25-19-9-11-20(12-10-19)28-16-17(2)3/h8-13,15H,2,4-7,14,16H2,1,3H3,(H,25,26). The van der Waals surface area contributed by atoms with Crippen LogP contribution in [0, 0.1) is 0 Å². The molecule has 0 radical (unpaired) electrons. The Labute approximate surface area is 176 Å². The van der Waals surface area contributed by atoms with E-state index in [1.807, 2.05) is 43.3 Å². The van der Waals surface area contributed by atoms with Gasteiger partial charge >= 0.3 is 0 Å². The van der Waals surface area contributed by atoms with Crippen molar-refractivity contribution in [3.8, 4) is 11.5 Å². The van der Waals surface area contributed by atoms with Gasteiger partial charge in [-0.25, -0.2) is 0 Å². The predicted molar refractivity (Wildman–Crippen MR) is 118 cm³/mol. The topological polar surface area (TPSA) is 47.6 Å². The average molecular weight is 446 g/mol. The van der Waals surface area contributed by atoms with Crippen LogP contribution in [0.1, 0.15) is 49.9 Å². The summed E-state index contributed by atoms with van der Waals surface area (Å²) in [5.41, 5.74) is 2.16. The van der Waals surface area contributed by atoms with Crippen molar-refractivity contribution in [3.63, 3.8) is 0 Å². The number of unbranched alkanes of at least 4 members (excludes halogenated alkanes) is 3. The van der Waals surface area contributed by atoms with Gasteiger partial charge in [0, 0.05) is 10.2 Å². The lowest BCUT2D eigenvalue weighted by atomic mass is 10.1. The number of anilines is 1. The third-order valence-electron chi connectivity index (χ3n) is 4.04. The summed E-state index contributed by atoms with van der Waals surface area (Å²) >= 11 is 3.43. The van der Waals surface area contributed by atoms with Gasteiger partial charge in [0.15, 0.2) is 0 Å². The van der Waals surface area contributed by atoms with E-state index in [1.165, 1.54) is 12.8 Å². The summed E-state index contributed by atoms with van der Waals surface area (Å²) in [4.78, 5) is 12.8. The van der Waals surface area contributed by atoms with Gasteiger partial charge in [0.25, 0.3) is 5.91 Å². The Bertz CT molecular complexity index is 787. The maximum atomic E-state index is 12.8. The number of halogens is 1. The number of nitrogens with one attached hydrogen (secondary N) is 1. The van der Waals surface area contributed by atoms with E-state index in [9.17, 15) is 4.79 Å². The number of carbonyl (C=O) groups is 1. The normalized spacial score (nSPS) is 10.4. The Hall–Kier alpha value is -2.27. The predicted octanol–water partition coefficient (Wildman–Crippen LogP) is 6.62. The van der Waals surface area contributed by atoms with Gasteiger partial charge in [-0.15, -0.1) is 0 Å². The monoisotopic (exact) mass is 445 g/mol. The summed E-state index contributed by atoms with van der Waals surface area (Å²) in [6.07, 6.45) is 4.50. The number of carbonyl (C=O) groups excluding carboxylic acids is 1. The summed E-state index contributed by atoms with van der Waals surface area (Å²) in [7, 11) is 0. The number of benzene rings is 2. The molecule has 0 heterocycles. The average Bonchev–Trinajstić information content (AvgIpc) is 2.68. The van der Waals surface area contributed by atoms with Crippen molar-refractivity contribution < 1.29 is 14.3 Å². The highest BCUT2D eigenvalue weighted by Gasteiger charge is 2.14. The number of rotatable bonds is 11. The smallest absolute Gasteiger partial charge is 0.259 e. The quantitative estimate of drug-likeness (QED) is 0.312.